The molecular formula is C21H22F2N2O. The zero-order chi connectivity index (χ0) is 18.1. The summed E-state index contributed by atoms with van der Waals surface area (Å²) >= 11 is 0. The van der Waals surface area contributed by atoms with Gasteiger partial charge in [0.1, 0.15) is 11.6 Å². The van der Waals surface area contributed by atoms with E-state index in [-0.39, 0.29) is 5.91 Å². The molecule has 2 heterocycles. The number of nitrogens with one attached hydrogen (secondary N) is 1. The van der Waals surface area contributed by atoms with Gasteiger partial charge in [-0.3, -0.25) is 9.69 Å². The van der Waals surface area contributed by atoms with Gasteiger partial charge in [0.15, 0.2) is 0 Å². The van der Waals surface area contributed by atoms with Gasteiger partial charge in [-0.05, 0) is 43.0 Å². The van der Waals surface area contributed by atoms with Crippen molar-refractivity contribution in [3.8, 4) is 0 Å². The highest BCUT2D eigenvalue weighted by Crippen LogP contribution is 2.37. The van der Waals surface area contributed by atoms with E-state index in [4.69, 9.17) is 0 Å². The number of halogens is 2. The van der Waals surface area contributed by atoms with Crippen molar-refractivity contribution in [2.45, 2.75) is 32.4 Å². The first kappa shape index (κ1) is 17.2. The second kappa shape index (κ2) is 6.80. The minimum Gasteiger partial charge on any atom is -0.351 e. The molecule has 1 atom stereocenters. The maximum atomic E-state index is 14.0. The Hall–Kier alpha value is -2.27. The van der Waals surface area contributed by atoms with E-state index in [9.17, 15) is 13.6 Å². The lowest BCUT2D eigenvalue weighted by atomic mass is 9.74. The van der Waals surface area contributed by atoms with Crippen LogP contribution in [-0.2, 0) is 24.3 Å². The summed E-state index contributed by atoms with van der Waals surface area (Å²) in [5.41, 5.74) is 2.36. The Morgan fingerprint density at radius 1 is 1.12 bits per heavy atom. The highest BCUT2D eigenvalue weighted by Gasteiger charge is 2.43. The van der Waals surface area contributed by atoms with Gasteiger partial charge in [0.05, 0.1) is 5.41 Å². The predicted molar refractivity (Wildman–Crippen MR) is 95.3 cm³/mol. The average molecular weight is 356 g/mol. The van der Waals surface area contributed by atoms with Crippen LogP contribution in [0, 0.1) is 17.0 Å². The third kappa shape index (κ3) is 3.23. The van der Waals surface area contributed by atoms with Crippen LogP contribution in [0.3, 0.4) is 0 Å². The van der Waals surface area contributed by atoms with Gasteiger partial charge in [-0.1, -0.05) is 30.3 Å². The van der Waals surface area contributed by atoms with E-state index in [0.29, 0.717) is 31.6 Å². The molecule has 136 valence electrons. The van der Waals surface area contributed by atoms with Crippen LogP contribution in [-0.4, -0.2) is 23.9 Å². The van der Waals surface area contributed by atoms with E-state index in [1.807, 2.05) is 12.1 Å². The molecule has 0 saturated carbocycles. The Kier molecular flexibility index (Phi) is 4.49. The van der Waals surface area contributed by atoms with Gasteiger partial charge in [-0.2, -0.15) is 0 Å². The molecule has 2 aliphatic rings. The zero-order valence-corrected chi connectivity index (χ0v) is 14.6. The molecule has 1 N–H and O–H groups in total. The van der Waals surface area contributed by atoms with Crippen molar-refractivity contribution in [1.29, 1.82) is 0 Å². The van der Waals surface area contributed by atoms with Crippen molar-refractivity contribution < 1.29 is 13.6 Å². The molecule has 0 bridgehead atoms. The Labute approximate surface area is 152 Å². The number of hydrogen-bond donors (Lipinski definition) is 1. The third-order valence-electron chi connectivity index (χ3n) is 5.63. The number of amides is 1. The third-order valence-corrected chi connectivity index (χ3v) is 5.63. The first-order chi connectivity index (χ1) is 12.6. The summed E-state index contributed by atoms with van der Waals surface area (Å²) < 4.78 is 27.2. The highest BCUT2D eigenvalue weighted by atomic mass is 19.1. The molecule has 1 spiro atoms. The lowest BCUT2D eigenvalue weighted by Gasteiger charge is -2.41. The summed E-state index contributed by atoms with van der Waals surface area (Å²) in [7, 11) is 0. The van der Waals surface area contributed by atoms with Crippen LogP contribution in [0.25, 0.3) is 0 Å². The lowest BCUT2D eigenvalue weighted by molar-refractivity contribution is -0.134. The lowest BCUT2D eigenvalue weighted by Crippen LogP contribution is -2.51. The second-order valence-corrected chi connectivity index (χ2v) is 7.46. The maximum Gasteiger partial charge on any atom is 0.228 e. The number of carbonyl (C=O) groups is 1. The molecule has 3 nitrogen and oxygen atoms in total. The van der Waals surface area contributed by atoms with E-state index >= 15 is 0 Å². The normalized spacial score (nSPS) is 23.4. The van der Waals surface area contributed by atoms with Crippen molar-refractivity contribution >= 4 is 5.91 Å². The average Bonchev–Trinajstić information content (AvgIpc) is 2.75. The molecule has 0 aliphatic carbocycles. The van der Waals surface area contributed by atoms with Crippen LogP contribution in [0.1, 0.15) is 29.5 Å². The Morgan fingerprint density at radius 2 is 1.92 bits per heavy atom. The Bertz CT molecular complexity index is 839. The van der Waals surface area contributed by atoms with Crippen LogP contribution < -0.4 is 5.32 Å². The van der Waals surface area contributed by atoms with E-state index < -0.39 is 17.0 Å². The first-order valence-electron chi connectivity index (χ1n) is 9.07. The summed E-state index contributed by atoms with van der Waals surface area (Å²) in [4.78, 5) is 15.0. The molecule has 1 amide bonds. The van der Waals surface area contributed by atoms with Crippen LogP contribution in [0.2, 0.25) is 0 Å². The maximum absolute atomic E-state index is 14.0. The van der Waals surface area contributed by atoms with Crippen molar-refractivity contribution in [1.82, 2.24) is 10.2 Å². The van der Waals surface area contributed by atoms with Gasteiger partial charge < -0.3 is 5.32 Å². The number of nitrogens with zero attached hydrogens (tertiary/aromatic N) is 1. The SMILES string of the molecule is O=C1NCc2ccccc2CC12CCCN(Cc1ccc(F)cc1F)C2. The number of rotatable bonds is 2. The zero-order valence-electron chi connectivity index (χ0n) is 14.6. The summed E-state index contributed by atoms with van der Waals surface area (Å²) in [5, 5.41) is 3.08. The summed E-state index contributed by atoms with van der Waals surface area (Å²) in [6, 6.07) is 11.9. The number of likely N-dealkylation sites (tertiary alicyclic amines) is 1. The first-order valence-corrected chi connectivity index (χ1v) is 9.07. The molecule has 1 unspecified atom stereocenters. The van der Waals surface area contributed by atoms with Crippen LogP contribution in [0.15, 0.2) is 42.5 Å². The number of benzene rings is 2. The number of fused-ring (bicyclic) bond motifs is 1. The molecular weight excluding hydrogens is 334 g/mol. The largest absolute Gasteiger partial charge is 0.351 e. The summed E-state index contributed by atoms with van der Waals surface area (Å²) in [6.07, 6.45) is 2.42. The van der Waals surface area contributed by atoms with Crippen LogP contribution in [0.5, 0.6) is 0 Å². The molecule has 0 aromatic heterocycles. The summed E-state index contributed by atoms with van der Waals surface area (Å²) in [6.45, 7) is 2.35. The second-order valence-electron chi connectivity index (χ2n) is 7.46. The van der Waals surface area contributed by atoms with E-state index in [2.05, 4.69) is 22.3 Å². The fourth-order valence-corrected chi connectivity index (χ4v) is 4.29. The minimum atomic E-state index is -0.568. The van der Waals surface area contributed by atoms with E-state index in [1.165, 1.54) is 23.3 Å². The van der Waals surface area contributed by atoms with Gasteiger partial charge in [-0.25, -0.2) is 8.78 Å². The number of piperidine rings is 1. The molecule has 4 rings (SSSR count). The van der Waals surface area contributed by atoms with Crippen molar-refractivity contribution in [3.05, 3.63) is 70.8 Å². The van der Waals surface area contributed by atoms with Gasteiger partial charge in [0.2, 0.25) is 5.91 Å². The van der Waals surface area contributed by atoms with Crippen molar-refractivity contribution in [2.24, 2.45) is 5.41 Å². The van der Waals surface area contributed by atoms with Gasteiger partial charge in [0, 0.05) is 31.3 Å². The van der Waals surface area contributed by atoms with Crippen molar-refractivity contribution in [2.75, 3.05) is 13.1 Å². The minimum absolute atomic E-state index is 0.0815. The topological polar surface area (TPSA) is 32.3 Å². The molecule has 2 aromatic carbocycles. The van der Waals surface area contributed by atoms with Crippen LogP contribution >= 0.6 is 0 Å². The molecule has 2 aromatic rings. The van der Waals surface area contributed by atoms with E-state index in [1.54, 1.807) is 0 Å². The van der Waals surface area contributed by atoms with Crippen LogP contribution in [0.4, 0.5) is 8.78 Å². The monoisotopic (exact) mass is 356 g/mol. The summed E-state index contributed by atoms with van der Waals surface area (Å²) in [5.74, 6) is -1.01. The van der Waals surface area contributed by atoms with Gasteiger partial charge >= 0.3 is 0 Å². The molecule has 1 fully saturated rings. The fraction of sp³-hybridized carbons (Fsp3) is 0.381. The smallest absolute Gasteiger partial charge is 0.228 e. The molecule has 2 aliphatic heterocycles. The molecule has 5 heteroatoms. The van der Waals surface area contributed by atoms with E-state index in [0.717, 1.165) is 25.5 Å². The van der Waals surface area contributed by atoms with Gasteiger partial charge in [0.25, 0.3) is 0 Å². The number of carbonyl (C=O) groups excluding carboxylic acids is 1. The van der Waals surface area contributed by atoms with Gasteiger partial charge in [-0.15, -0.1) is 0 Å². The Balaban J connectivity index is 1.57. The molecule has 1 saturated heterocycles. The molecule has 26 heavy (non-hydrogen) atoms. The molecule has 0 radical (unpaired) electrons. The Morgan fingerprint density at radius 3 is 2.73 bits per heavy atom. The predicted octanol–water partition coefficient (Wildman–Crippen LogP) is 3.42. The quantitative estimate of drug-likeness (QED) is 0.894. The highest BCUT2D eigenvalue weighted by molar-refractivity contribution is 5.84. The number of hydrogen-bond acceptors (Lipinski definition) is 2. The fourth-order valence-electron chi connectivity index (χ4n) is 4.29. The standard InChI is InChI=1S/C21H22F2N2O/c22-18-7-6-17(19(23)10-18)13-25-9-3-8-21(14-25)11-15-4-1-2-5-16(15)12-24-20(21)26/h1-2,4-7,10H,3,8-9,11-14H2,(H,24,26). The van der Waals surface area contributed by atoms with Crippen molar-refractivity contribution in [3.63, 3.8) is 0 Å².